The molecule has 5 atom stereocenters. The van der Waals surface area contributed by atoms with Crippen LogP contribution >= 0.6 is 0 Å². The number of aliphatic hydroxyl groups is 3. The molecule has 2 aromatic rings. The molecular weight excluding hydrogens is 336 g/mol. The topological polar surface area (TPSA) is 88.4 Å². The van der Waals surface area contributed by atoms with Crippen molar-refractivity contribution in [3.8, 4) is 0 Å². The van der Waals surface area contributed by atoms with Crippen molar-refractivity contribution in [3.05, 3.63) is 71.8 Å². The summed E-state index contributed by atoms with van der Waals surface area (Å²) >= 11 is 0. The van der Waals surface area contributed by atoms with Gasteiger partial charge in [-0.05, 0) is 11.1 Å². The van der Waals surface area contributed by atoms with Gasteiger partial charge in [-0.25, -0.2) is 0 Å². The van der Waals surface area contributed by atoms with Gasteiger partial charge in [0.2, 0.25) is 0 Å². The average molecular weight is 360 g/mol. The van der Waals surface area contributed by atoms with Crippen LogP contribution in [-0.2, 0) is 27.4 Å². The Morgan fingerprint density at radius 1 is 0.769 bits per heavy atom. The summed E-state index contributed by atoms with van der Waals surface area (Å²) in [6.45, 7) is 0.750. The lowest BCUT2D eigenvalue weighted by molar-refractivity contribution is -0.298. The van der Waals surface area contributed by atoms with Gasteiger partial charge in [-0.1, -0.05) is 60.7 Å². The number of hydrogen-bond donors (Lipinski definition) is 3. The van der Waals surface area contributed by atoms with Crippen LogP contribution in [0.25, 0.3) is 0 Å². The Hall–Kier alpha value is -1.80. The summed E-state index contributed by atoms with van der Waals surface area (Å²) in [5.74, 6) is 0. The zero-order valence-corrected chi connectivity index (χ0v) is 14.3. The second-order valence-electron chi connectivity index (χ2n) is 6.31. The molecule has 0 amide bonds. The summed E-state index contributed by atoms with van der Waals surface area (Å²) in [6.07, 6.45) is -5.69. The Bertz CT molecular complexity index is 650. The summed E-state index contributed by atoms with van der Waals surface area (Å²) in [6, 6.07) is 19.2. The molecule has 0 aromatic heterocycles. The molecule has 0 saturated carbocycles. The molecule has 0 radical (unpaired) electrons. The van der Waals surface area contributed by atoms with E-state index >= 15 is 0 Å². The lowest BCUT2D eigenvalue weighted by atomic mass is 9.99. The molecule has 1 aliphatic rings. The maximum absolute atomic E-state index is 10.3. The van der Waals surface area contributed by atoms with Gasteiger partial charge in [0.05, 0.1) is 19.8 Å². The van der Waals surface area contributed by atoms with Gasteiger partial charge in [-0.15, -0.1) is 0 Å². The fraction of sp³-hybridized carbons (Fsp3) is 0.400. The van der Waals surface area contributed by atoms with Gasteiger partial charge >= 0.3 is 0 Å². The summed E-state index contributed by atoms with van der Waals surface area (Å²) in [5, 5.41) is 30.0. The third kappa shape index (κ3) is 4.88. The highest BCUT2D eigenvalue weighted by Crippen LogP contribution is 2.24. The maximum atomic E-state index is 10.3. The van der Waals surface area contributed by atoms with Crippen molar-refractivity contribution in [1.82, 2.24) is 0 Å². The minimum absolute atomic E-state index is 0.120. The first-order valence-electron chi connectivity index (χ1n) is 8.62. The largest absolute Gasteiger partial charge is 0.387 e. The van der Waals surface area contributed by atoms with E-state index in [0.29, 0.717) is 6.61 Å². The highest BCUT2D eigenvalue weighted by atomic mass is 16.7. The van der Waals surface area contributed by atoms with Crippen LogP contribution in [0.4, 0.5) is 0 Å². The monoisotopic (exact) mass is 360 g/mol. The second kappa shape index (κ2) is 9.23. The van der Waals surface area contributed by atoms with Crippen LogP contribution in [-0.4, -0.2) is 52.6 Å². The highest BCUT2D eigenvalue weighted by Gasteiger charge is 2.44. The predicted octanol–water partition coefficient (Wildman–Crippen LogP) is 1.23. The van der Waals surface area contributed by atoms with Crippen molar-refractivity contribution in [1.29, 1.82) is 0 Å². The van der Waals surface area contributed by atoms with E-state index < -0.39 is 30.7 Å². The summed E-state index contributed by atoms with van der Waals surface area (Å²) < 4.78 is 16.9. The molecule has 26 heavy (non-hydrogen) atoms. The molecule has 1 heterocycles. The van der Waals surface area contributed by atoms with Crippen LogP contribution < -0.4 is 0 Å². The summed E-state index contributed by atoms with van der Waals surface area (Å²) in [4.78, 5) is 0. The summed E-state index contributed by atoms with van der Waals surface area (Å²) in [7, 11) is 0. The molecule has 6 heteroatoms. The molecule has 0 aliphatic carbocycles. The van der Waals surface area contributed by atoms with Gasteiger partial charge in [-0.2, -0.15) is 0 Å². The van der Waals surface area contributed by atoms with Crippen LogP contribution in [0, 0.1) is 0 Å². The number of rotatable bonds is 7. The van der Waals surface area contributed by atoms with Crippen molar-refractivity contribution < 1.29 is 29.5 Å². The van der Waals surface area contributed by atoms with Crippen LogP contribution in [0.15, 0.2) is 60.7 Å². The maximum Gasteiger partial charge on any atom is 0.184 e. The second-order valence-corrected chi connectivity index (χ2v) is 6.31. The first-order chi connectivity index (χ1) is 12.6. The predicted molar refractivity (Wildman–Crippen MR) is 94.0 cm³/mol. The normalized spacial score (nSPS) is 28.8. The van der Waals surface area contributed by atoms with Crippen LogP contribution in [0.1, 0.15) is 11.1 Å². The number of ether oxygens (including phenoxy) is 3. The van der Waals surface area contributed by atoms with Gasteiger partial charge < -0.3 is 29.5 Å². The zero-order chi connectivity index (χ0) is 18.4. The quantitative estimate of drug-likeness (QED) is 0.688. The van der Waals surface area contributed by atoms with Gasteiger partial charge in [0.1, 0.15) is 24.4 Å². The minimum Gasteiger partial charge on any atom is -0.387 e. The lowest BCUT2D eigenvalue weighted by Crippen LogP contribution is -2.59. The SMILES string of the molecule is O[C@@H]1[C@H](O)[C@@H](OCc2ccccc2)[C@@H](COCc2ccccc2)O[C@@H]1O. The average Bonchev–Trinajstić information content (AvgIpc) is 2.67. The van der Waals surface area contributed by atoms with Crippen molar-refractivity contribution in [3.63, 3.8) is 0 Å². The molecule has 3 rings (SSSR count). The lowest BCUT2D eigenvalue weighted by Gasteiger charge is -2.40. The standard InChI is InChI=1S/C20H24O6/c21-17-18(22)20(23)26-16(13-24-11-14-7-3-1-4-8-14)19(17)25-12-15-9-5-2-6-10-15/h1-10,16-23H,11-13H2/t16-,17+,18-,19+,20+/m1/s1. The molecule has 1 aliphatic heterocycles. The van der Waals surface area contributed by atoms with Gasteiger partial charge in [0.25, 0.3) is 0 Å². The highest BCUT2D eigenvalue weighted by molar-refractivity contribution is 5.14. The van der Waals surface area contributed by atoms with E-state index in [2.05, 4.69) is 0 Å². The Labute approximate surface area is 152 Å². The van der Waals surface area contributed by atoms with Crippen molar-refractivity contribution in [2.45, 2.75) is 43.9 Å². The van der Waals surface area contributed by atoms with Crippen LogP contribution in [0.3, 0.4) is 0 Å². The smallest absolute Gasteiger partial charge is 0.184 e. The van der Waals surface area contributed by atoms with Crippen LogP contribution in [0.5, 0.6) is 0 Å². The Morgan fingerprint density at radius 2 is 1.35 bits per heavy atom. The first-order valence-corrected chi connectivity index (χ1v) is 8.62. The number of hydrogen-bond acceptors (Lipinski definition) is 6. The fourth-order valence-electron chi connectivity index (χ4n) is 2.89. The van der Waals surface area contributed by atoms with E-state index in [0.717, 1.165) is 11.1 Å². The third-order valence-electron chi connectivity index (χ3n) is 4.34. The molecular formula is C20H24O6. The molecule has 6 nitrogen and oxygen atoms in total. The molecule has 0 spiro atoms. The Kier molecular flexibility index (Phi) is 6.73. The van der Waals surface area contributed by atoms with Crippen LogP contribution in [0.2, 0.25) is 0 Å². The minimum atomic E-state index is -1.48. The van der Waals surface area contributed by atoms with E-state index in [1.807, 2.05) is 60.7 Å². The molecule has 0 unspecified atom stereocenters. The molecule has 2 aromatic carbocycles. The Morgan fingerprint density at radius 3 is 1.96 bits per heavy atom. The Balaban J connectivity index is 1.59. The van der Waals surface area contributed by atoms with E-state index in [-0.39, 0.29) is 13.2 Å². The zero-order valence-electron chi connectivity index (χ0n) is 14.3. The molecule has 1 saturated heterocycles. The number of aliphatic hydroxyl groups excluding tert-OH is 3. The van der Waals surface area contributed by atoms with Gasteiger partial charge in [0, 0.05) is 0 Å². The molecule has 3 N–H and O–H groups in total. The number of benzene rings is 2. The molecule has 1 fully saturated rings. The van der Waals surface area contributed by atoms with Gasteiger partial charge in [0.15, 0.2) is 6.29 Å². The molecule has 140 valence electrons. The van der Waals surface area contributed by atoms with E-state index in [9.17, 15) is 15.3 Å². The van der Waals surface area contributed by atoms with Gasteiger partial charge in [-0.3, -0.25) is 0 Å². The fourth-order valence-corrected chi connectivity index (χ4v) is 2.89. The first kappa shape index (κ1) is 19.0. The van der Waals surface area contributed by atoms with E-state index in [1.165, 1.54) is 0 Å². The van der Waals surface area contributed by atoms with Crippen molar-refractivity contribution >= 4 is 0 Å². The van der Waals surface area contributed by atoms with Crippen molar-refractivity contribution in [2.24, 2.45) is 0 Å². The molecule has 0 bridgehead atoms. The van der Waals surface area contributed by atoms with Crippen molar-refractivity contribution in [2.75, 3.05) is 6.61 Å². The summed E-state index contributed by atoms with van der Waals surface area (Å²) in [5.41, 5.74) is 1.94. The van der Waals surface area contributed by atoms with E-state index in [4.69, 9.17) is 14.2 Å². The third-order valence-corrected chi connectivity index (χ3v) is 4.34. The van der Waals surface area contributed by atoms with E-state index in [1.54, 1.807) is 0 Å².